The zero-order valence-corrected chi connectivity index (χ0v) is 7.81. The summed E-state index contributed by atoms with van der Waals surface area (Å²) in [5.41, 5.74) is 0. The summed E-state index contributed by atoms with van der Waals surface area (Å²) < 4.78 is 1.58. The molecule has 0 spiro atoms. The Hall–Kier alpha value is -1.50. The number of carboxylic acid groups (broad SMARTS) is 1. The predicted octanol–water partition coefficient (Wildman–Crippen LogP) is 0.374. The quantitative estimate of drug-likeness (QED) is 0.774. The molecule has 0 amide bonds. The lowest BCUT2D eigenvalue weighted by molar-refractivity contribution is -0.138. The number of aromatic nitrogens is 4. The van der Waals surface area contributed by atoms with Crippen molar-refractivity contribution in [3.63, 3.8) is 0 Å². The maximum atomic E-state index is 10.6. The third-order valence-corrected chi connectivity index (χ3v) is 3.37. The maximum absolute atomic E-state index is 10.6. The van der Waals surface area contributed by atoms with Crippen LogP contribution in [0.2, 0.25) is 0 Å². The number of nitrogens with zero attached hydrogens (tertiary/aromatic N) is 4. The molecule has 2 aromatic heterocycles. The van der Waals surface area contributed by atoms with E-state index in [4.69, 9.17) is 5.11 Å². The first-order valence-corrected chi connectivity index (χ1v) is 4.97. The van der Waals surface area contributed by atoms with E-state index < -0.39 is 5.97 Å². The molecule has 7 heteroatoms. The molecule has 2 unspecified atom stereocenters. The normalized spacial score (nSPS) is 25.4. The lowest BCUT2D eigenvalue weighted by atomic mass is 10.3. The minimum atomic E-state index is -0.735. The summed E-state index contributed by atoms with van der Waals surface area (Å²) in [6, 6.07) is 0. The summed E-state index contributed by atoms with van der Waals surface area (Å²) in [6.45, 7) is 0. The molecule has 0 aliphatic heterocycles. The molecule has 14 heavy (non-hydrogen) atoms. The Balaban J connectivity index is 1.93. The van der Waals surface area contributed by atoms with Crippen molar-refractivity contribution in [2.75, 3.05) is 0 Å². The molecule has 6 nitrogen and oxygen atoms in total. The topological polar surface area (TPSA) is 80.4 Å². The van der Waals surface area contributed by atoms with Gasteiger partial charge in [-0.15, -0.1) is 10.2 Å². The van der Waals surface area contributed by atoms with E-state index in [0.29, 0.717) is 6.42 Å². The number of hydrogen-bond acceptors (Lipinski definition) is 5. The van der Waals surface area contributed by atoms with Crippen LogP contribution in [0.4, 0.5) is 0 Å². The number of carbonyl (C=O) groups is 1. The smallest absolute Gasteiger partial charge is 0.307 e. The Morgan fingerprint density at radius 2 is 2.57 bits per heavy atom. The van der Waals surface area contributed by atoms with Crippen LogP contribution in [0.25, 0.3) is 4.96 Å². The number of hydrogen-bond donors (Lipinski definition) is 1. The van der Waals surface area contributed by atoms with E-state index >= 15 is 0 Å². The number of carboxylic acids is 1. The van der Waals surface area contributed by atoms with Crippen LogP contribution < -0.4 is 0 Å². The van der Waals surface area contributed by atoms with E-state index in [2.05, 4.69) is 15.3 Å². The molecule has 1 aliphatic carbocycles. The highest BCUT2D eigenvalue weighted by molar-refractivity contribution is 7.16. The Kier molecular flexibility index (Phi) is 1.41. The molecule has 1 saturated carbocycles. The predicted molar refractivity (Wildman–Crippen MR) is 47.1 cm³/mol. The van der Waals surface area contributed by atoms with E-state index in [1.54, 1.807) is 4.52 Å². The minimum Gasteiger partial charge on any atom is -0.481 e. The second-order valence-electron chi connectivity index (χ2n) is 3.29. The van der Waals surface area contributed by atoms with Crippen LogP contribution in [0, 0.1) is 5.92 Å². The van der Waals surface area contributed by atoms with Gasteiger partial charge < -0.3 is 5.11 Å². The second-order valence-corrected chi connectivity index (χ2v) is 4.27. The molecule has 2 atom stereocenters. The van der Waals surface area contributed by atoms with E-state index in [1.807, 2.05) is 0 Å². The molecule has 0 radical (unpaired) electrons. The van der Waals surface area contributed by atoms with Crippen molar-refractivity contribution in [3.8, 4) is 0 Å². The summed E-state index contributed by atoms with van der Waals surface area (Å²) in [6.07, 6.45) is 2.22. The molecule has 2 aromatic rings. The van der Waals surface area contributed by atoms with Gasteiger partial charge in [0.2, 0.25) is 4.96 Å². The van der Waals surface area contributed by atoms with E-state index in [9.17, 15) is 4.79 Å². The Morgan fingerprint density at radius 3 is 3.21 bits per heavy atom. The zero-order chi connectivity index (χ0) is 9.71. The van der Waals surface area contributed by atoms with Crippen LogP contribution in [0.5, 0.6) is 0 Å². The summed E-state index contributed by atoms with van der Waals surface area (Å²) in [4.78, 5) is 11.4. The fraction of sp³-hybridized carbons (Fsp3) is 0.429. The zero-order valence-electron chi connectivity index (χ0n) is 6.99. The molecule has 2 heterocycles. The molecule has 3 rings (SSSR count). The standard InChI is InChI=1S/C7H6N4O2S/c12-6(13)4-1-3(4)5-10-11-2-8-9-7(11)14-5/h2-4H,1H2,(H,12,13). The molecule has 72 valence electrons. The van der Waals surface area contributed by atoms with Crippen LogP contribution in [-0.2, 0) is 4.79 Å². The van der Waals surface area contributed by atoms with Gasteiger partial charge in [-0.05, 0) is 6.42 Å². The van der Waals surface area contributed by atoms with Crippen molar-refractivity contribution in [3.05, 3.63) is 11.3 Å². The molecule has 0 saturated heterocycles. The van der Waals surface area contributed by atoms with Crippen molar-refractivity contribution in [1.82, 2.24) is 19.8 Å². The van der Waals surface area contributed by atoms with Gasteiger partial charge in [0, 0.05) is 5.92 Å². The third-order valence-electron chi connectivity index (χ3n) is 2.33. The largest absolute Gasteiger partial charge is 0.481 e. The third kappa shape index (κ3) is 1.02. The molecule has 1 aliphatic rings. The monoisotopic (exact) mass is 210 g/mol. The van der Waals surface area contributed by atoms with Crippen LogP contribution in [0.1, 0.15) is 17.3 Å². The van der Waals surface area contributed by atoms with Crippen molar-refractivity contribution < 1.29 is 9.90 Å². The van der Waals surface area contributed by atoms with Gasteiger partial charge in [-0.3, -0.25) is 4.79 Å². The SMILES string of the molecule is O=C(O)C1CC1c1nn2cnnc2s1. The van der Waals surface area contributed by atoms with E-state index in [-0.39, 0.29) is 11.8 Å². The number of rotatable bonds is 2. The first kappa shape index (κ1) is 7.86. The van der Waals surface area contributed by atoms with Crippen molar-refractivity contribution in [2.45, 2.75) is 12.3 Å². The van der Waals surface area contributed by atoms with Gasteiger partial charge in [0.25, 0.3) is 0 Å². The summed E-state index contributed by atoms with van der Waals surface area (Å²) in [5.74, 6) is -0.904. The molecule has 0 bridgehead atoms. The fourth-order valence-electron chi connectivity index (χ4n) is 1.47. The van der Waals surface area contributed by atoms with Gasteiger partial charge in [-0.25, -0.2) is 0 Å². The van der Waals surface area contributed by atoms with Crippen LogP contribution in [0.15, 0.2) is 6.33 Å². The number of aliphatic carboxylic acids is 1. The lowest BCUT2D eigenvalue weighted by Gasteiger charge is -1.87. The summed E-state index contributed by atoms with van der Waals surface area (Å²) >= 11 is 1.41. The number of fused-ring (bicyclic) bond motifs is 1. The van der Waals surface area contributed by atoms with Crippen molar-refractivity contribution in [2.24, 2.45) is 5.92 Å². The lowest BCUT2D eigenvalue weighted by Crippen LogP contribution is -1.98. The van der Waals surface area contributed by atoms with E-state index in [1.165, 1.54) is 17.7 Å². The first-order chi connectivity index (χ1) is 6.75. The van der Waals surface area contributed by atoms with Gasteiger partial charge in [-0.1, -0.05) is 11.3 Å². The van der Waals surface area contributed by atoms with Crippen molar-refractivity contribution in [1.29, 1.82) is 0 Å². The highest BCUT2D eigenvalue weighted by Gasteiger charge is 2.46. The summed E-state index contributed by atoms with van der Waals surface area (Å²) in [7, 11) is 0. The first-order valence-electron chi connectivity index (χ1n) is 4.15. The van der Waals surface area contributed by atoms with Crippen LogP contribution in [-0.4, -0.2) is 30.9 Å². The molecular weight excluding hydrogens is 204 g/mol. The van der Waals surface area contributed by atoms with E-state index in [0.717, 1.165) is 9.97 Å². The minimum absolute atomic E-state index is 0.0826. The molecule has 0 aromatic carbocycles. The maximum Gasteiger partial charge on any atom is 0.307 e. The van der Waals surface area contributed by atoms with Gasteiger partial charge in [0.05, 0.1) is 5.92 Å². The van der Waals surface area contributed by atoms with Crippen molar-refractivity contribution >= 4 is 22.3 Å². The average molecular weight is 210 g/mol. The van der Waals surface area contributed by atoms with Gasteiger partial charge in [-0.2, -0.15) is 9.61 Å². The highest BCUT2D eigenvalue weighted by atomic mass is 32.1. The van der Waals surface area contributed by atoms with Gasteiger partial charge in [0.15, 0.2) is 0 Å². The Labute approximate surface area is 82.2 Å². The van der Waals surface area contributed by atoms with Crippen LogP contribution >= 0.6 is 11.3 Å². The molecular formula is C7H6N4O2S. The van der Waals surface area contributed by atoms with Crippen LogP contribution in [0.3, 0.4) is 0 Å². The fourth-order valence-corrected chi connectivity index (χ4v) is 2.46. The highest BCUT2D eigenvalue weighted by Crippen LogP contribution is 2.48. The average Bonchev–Trinajstić information content (AvgIpc) is 2.65. The van der Waals surface area contributed by atoms with Gasteiger partial charge in [0.1, 0.15) is 11.3 Å². The Bertz CT molecular complexity index is 476. The second kappa shape index (κ2) is 2.50. The molecule has 1 fully saturated rings. The van der Waals surface area contributed by atoms with Gasteiger partial charge >= 0.3 is 5.97 Å². The molecule has 1 N–H and O–H groups in total. The Morgan fingerprint density at radius 1 is 1.71 bits per heavy atom. The summed E-state index contributed by atoms with van der Waals surface area (Å²) in [5, 5.41) is 21.3.